The van der Waals surface area contributed by atoms with Gasteiger partial charge >= 0.3 is 0 Å². The number of ether oxygens (including phenoxy) is 1. The van der Waals surface area contributed by atoms with Gasteiger partial charge in [0, 0.05) is 19.7 Å². The van der Waals surface area contributed by atoms with Crippen LogP contribution in [0.4, 0.5) is 0 Å². The molecule has 3 nitrogen and oxygen atoms in total. The molecule has 1 N–H and O–H groups in total. The molecule has 100 valence electrons. The number of hydrogen-bond donors (Lipinski definition) is 1. The molecule has 2 aliphatic heterocycles. The number of nitrogens with zero attached hydrogens (tertiary/aromatic N) is 1. The van der Waals surface area contributed by atoms with E-state index in [1.165, 1.54) is 25.7 Å². The Bertz CT molecular complexity index is 253. The van der Waals surface area contributed by atoms with Crippen LogP contribution >= 0.6 is 0 Å². The Labute approximate surface area is 105 Å². The van der Waals surface area contributed by atoms with Gasteiger partial charge in [0.2, 0.25) is 0 Å². The van der Waals surface area contributed by atoms with Crippen LogP contribution in [0.5, 0.6) is 0 Å². The first-order valence-corrected chi connectivity index (χ1v) is 7.09. The third kappa shape index (κ3) is 3.01. The zero-order valence-electron chi connectivity index (χ0n) is 11.4. The van der Waals surface area contributed by atoms with E-state index in [-0.39, 0.29) is 12.2 Å². The largest absolute Gasteiger partial charge is 0.395 e. The van der Waals surface area contributed by atoms with Crippen molar-refractivity contribution in [1.29, 1.82) is 0 Å². The highest BCUT2D eigenvalue weighted by Crippen LogP contribution is 2.45. The van der Waals surface area contributed by atoms with Crippen molar-refractivity contribution in [3.8, 4) is 0 Å². The summed E-state index contributed by atoms with van der Waals surface area (Å²) in [7, 11) is 0. The topological polar surface area (TPSA) is 32.7 Å². The lowest BCUT2D eigenvalue weighted by molar-refractivity contribution is -0.134. The minimum atomic E-state index is 0.0838. The molecule has 0 aliphatic carbocycles. The summed E-state index contributed by atoms with van der Waals surface area (Å²) in [4.78, 5) is 2.44. The Kier molecular flexibility index (Phi) is 4.11. The van der Waals surface area contributed by atoms with Gasteiger partial charge in [-0.2, -0.15) is 0 Å². The first-order chi connectivity index (χ1) is 8.11. The van der Waals surface area contributed by atoms with Gasteiger partial charge in [0.05, 0.1) is 12.2 Å². The van der Waals surface area contributed by atoms with E-state index in [0.717, 1.165) is 32.7 Å². The van der Waals surface area contributed by atoms with Crippen molar-refractivity contribution >= 4 is 0 Å². The summed E-state index contributed by atoms with van der Waals surface area (Å²) in [6.45, 7) is 8.85. The van der Waals surface area contributed by atoms with Crippen LogP contribution < -0.4 is 0 Å². The molecule has 2 heterocycles. The number of aliphatic hydroxyl groups excluding tert-OH is 1. The quantitative estimate of drug-likeness (QED) is 0.821. The van der Waals surface area contributed by atoms with E-state index >= 15 is 0 Å². The fraction of sp³-hybridized carbons (Fsp3) is 1.00. The van der Waals surface area contributed by atoms with E-state index < -0.39 is 0 Å². The summed E-state index contributed by atoms with van der Waals surface area (Å²) in [5.74, 6) is 0. The number of likely N-dealkylation sites (tertiary alicyclic amines) is 1. The van der Waals surface area contributed by atoms with Crippen LogP contribution in [0, 0.1) is 5.41 Å². The Balaban J connectivity index is 2.02. The van der Waals surface area contributed by atoms with Gasteiger partial charge in [-0.15, -0.1) is 0 Å². The molecule has 0 bridgehead atoms. The smallest absolute Gasteiger partial charge is 0.0657 e. The highest BCUT2D eigenvalue weighted by molar-refractivity contribution is 4.95. The average molecular weight is 241 g/mol. The number of aliphatic hydroxyl groups is 1. The van der Waals surface area contributed by atoms with Crippen molar-refractivity contribution in [2.75, 3.05) is 32.8 Å². The molecule has 0 aromatic carbocycles. The second-order valence-electron chi connectivity index (χ2n) is 6.18. The Morgan fingerprint density at radius 2 is 2.18 bits per heavy atom. The summed E-state index contributed by atoms with van der Waals surface area (Å²) in [5.41, 5.74) is 0.539. The highest BCUT2D eigenvalue weighted by Gasteiger charge is 2.44. The van der Waals surface area contributed by atoms with Gasteiger partial charge in [0.1, 0.15) is 0 Å². The van der Waals surface area contributed by atoms with Crippen LogP contribution in [-0.4, -0.2) is 48.5 Å². The zero-order valence-corrected chi connectivity index (χ0v) is 11.4. The molecule has 0 radical (unpaired) electrons. The Morgan fingerprint density at radius 1 is 1.35 bits per heavy atom. The van der Waals surface area contributed by atoms with Gasteiger partial charge in [0.15, 0.2) is 0 Å². The van der Waals surface area contributed by atoms with Crippen molar-refractivity contribution in [1.82, 2.24) is 4.90 Å². The van der Waals surface area contributed by atoms with Crippen LogP contribution in [0.15, 0.2) is 0 Å². The molecule has 3 heteroatoms. The Morgan fingerprint density at radius 3 is 2.88 bits per heavy atom. The molecule has 0 unspecified atom stereocenters. The summed E-state index contributed by atoms with van der Waals surface area (Å²) in [5, 5.41) is 9.09. The van der Waals surface area contributed by atoms with Gasteiger partial charge in [0.25, 0.3) is 0 Å². The predicted molar refractivity (Wildman–Crippen MR) is 69.1 cm³/mol. The molecular weight excluding hydrogens is 214 g/mol. The predicted octanol–water partition coefficient (Wildman–Crippen LogP) is 2.04. The van der Waals surface area contributed by atoms with Gasteiger partial charge in [-0.25, -0.2) is 0 Å². The molecular formula is C14H27NO2. The van der Waals surface area contributed by atoms with Crippen LogP contribution in [0.3, 0.4) is 0 Å². The minimum Gasteiger partial charge on any atom is -0.395 e. The molecule has 0 aromatic heterocycles. The average Bonchev–Trinajstić information content (AvgIpc) is 2.29. The minimum absolute atomic E-state index is 0.0838. The molecule has 17 heavy (non-hydrogen) atoms. The van der Waals surface area contributed by atoms with Crippen molar-refractivity contribution in [3.05, 3.63) is 0 Å². The molecule has 0 saturated carbocycles. The number of β-amino-alcohol motifs (C(OH)–C–C–N with tert-alkyl or cyclic N) is 1. The van der Waals surface area contributed by atoms with Crippen LogP contribution in [0.25, 0.3) is 0 Å². The van der Waals surface area contributed by atoms with Crippen molar-refractivity contribution in [3.63, 3.8) is 0 Å². The SMILES string of the molecule is CC[C@]1(C)C[C@]2(CCCN(CCO)C2)CCO1. The molecule has 0 amide bonds. The molecule has 2 fully saturated rings. The van der Waals surface area contributed by atoms with E-state index in [2.05, 4.69) is 18.7 Å². The van der Waals surface area contributed by atoms with E-state index in [1.54, 1.807) is 0 Å². The van der Waals surface area contributed by atoms with Gasteiger partial charge in [-0.05, 0) is 51.0 Å². The van der Waals surface area contributed by atoms with E-state index in [9.17, 15) is 0 Å². The number of rotatable bonds is 3. The van der Waals surface area contributed by atoms with Crippen LogP contribution in [0.1, 0.15) is 46.0 Å². The molecule has 1 spiro atoms. The van der Waals surface area contributed by atoms with Crippen molar-refractivity contribution in [2.45, 2.75) is 51.6 Å². The maximum atomic E-state index is 9.09. The second kappa shape index (κ2) is 5.25. The molecule has 2 atom stereocenters. The summed E-state index contributed by atoms with van der Waals surface area (Å²) < 4.78 is 5.97. The van der Waals surface area contributed by atoms with E-state index in [0.29, 0.717) is 5.41 Å². The van der Waals surface area contributed by atoms with Gasteiger partial charge < -0.3 is 14.7 Å². The molecule has 0 aromatic rings. The van der Waals surface area contributed by atoms with Crippen molar-refractivity contribution in [2.24, 2.45) is 5.41 Å². The van der Waals surface area contributed by atoms with Gasteiger partial charge in [-0.3, -0.25) is 0 Å². The number of hydrogen-bond acceptors (Lipinski definition) is 3. The second-order valence-corrected chi connectivity index (χ2v) is 6.18. The Hall–Kier alpha value is -0.120. The normalized spacial score (nSPS) is 39.7. The lowest BCUT2D eigenvalue weighted by Gasteiger charge is -2.50. The lowest BCUT2D eigenvalue weighted by Crippen LogP contribution is -2.51. The summed E-state index contributed by atoms with van der Waals surface area (Å²) in [6, 6.07) is 0. The molecule has 2 aliphatic rings. The van der Waals surface area contributed by atoms with Gasteiger partial charge in [-0.1, -0.05) is 6.92 Å². The van der Waals surface area contributed by atoms with Crippen LogP contribution in [-0.2, 0) is 4.74 Å². The molecule has 2 rings (SSSR count). The fourth-order valence-electron chi connectivity index (χ4n) is 3.66. The summed E-state index contributed by atoms with van der Waals surface area (Å²) in [6.07, 6.45) is 6.12. The summed E-state index contributed by atoms with van der Waals surface area (Å²) >= 11 is 0. The number of piperidine rings is 1. The fourth-order valence-corrected chi connectivity index (χ4v) is 3.66. The molecule has 2 saturated heterocycles. The zero-order chi connectivity index (χ0) is 12.4. The van der Waals surface area contributed by atoms with E-state index in [1.807, 2.05) is 0 Å². The maximum Gasteiger partial charge on any atom is 0.0657 e. The third-order valence-electron chi connectivity index (χ3n) is 4.74. The standard InChI is InChI=1S/C14H27NO2/c1-3-13(2)11-14(6-10-17-13)5-4-7-15(12-14)8-9-16/h16H,3-12H2,1-2H3/t13-,14+/m1/s1. The monoisotopic (exact) mass is 241 g/mol. The first-order valence-electron chi connectivity index (χ1n) is 7.09. The third-order valence-corrected chi connectivity index (χ3v) is 4.74. The highest BCUT2D eigenvalue weighted by atomic mass is 16.5. The maximum absolute atomic E-state index is 9.09. The van der Waals surface area contributed by atoms with E-state index in [4.69, 9.17) is 9.84 Å². The lowest BCUT2D eigenvalue weighted by atomic mass is 9.68. The first kappa shape index (κ1) is 13.3. The van der Waals surface area contributed by atoms with Crippen molar-refractivity contribution < 1.29 is 9.84 Å². The van der Waals surface area contributed by atoms with Crippen LogP contribution in [0.2, 0.25) is 0 Å².